The van der Waals surface area contributed by atoms with Crippen LogP contribution in [0.2, 0.25) is 0 Å². The summed E-state index contributed by atoms with van der Waals surface area (Å²) >= 11 is 3.15. The molecule has 0 amide bonds. The Bertz CT molecular complexity index is 352. The maximum atomic E-state index is 13.0. The molecule has 0 aliphatic heterocycles. The van der Waals surface area contributed by atoms with Crippen molar-refractivity contribution in [2.45, 2.75) is 12.3 Å². The minimum atomic E-state index is -3.27. The van der Waals surface area contributed by atoms with E-state index in [9.17, 15) is 8.78 Å². The van der Waals surface area contributed by atoms with Crippen LogP contribution in [0, 0.1) is 5.41 Å². The lowest BCUT2D eigenvalue weighted by Crippen LogP contribution is -2.36. The number of alkyl halides is 2. The van der Waals surface area contributed by atoms with Crippen LogP contribution >= 0.6 is 15.9 Å². The summed E-state index contributed by atoms with van der Waals surface area (Å²) in [5.74, 6) is -4.38. The topological polar surface area (TPSA) is 49.9 Å². The molecule has 3 N–H and O–H groups in total. The first-order valence-corrected chi connectivity index (χ1v) is 4.68. The van der Waals surface area contributed by atoms with Gasteiger partial charge in [-0.15, -0.1) is 0 Å². The zero-order valence-corrected chi connectivity index (χ0v) is 8.81. The fourth-order valence-electron chi connectivity index (χ4n) is 0.976. The Labute approximate surface area is 88.8 Å². The Morgan fingerprint density at radius 2 is 2.00 bits per heavy atom. The van der Waals surface area contributed by atoms with Gasteiger partial charge in [0.15, 0.2) is 5.84 Å². The summed E-state index contributed by atoms with van der Waals surface area (Å²) in [5, 5.41) is 6.73. The van der Waals surface area contributed by atoms with Crippen molar-refractivity contribution >= 4 is 21.8 Å². The van der Waals surface area contributed by atoms with E-state index in [0.717, 1.165) is 0 Å². The lowest BCUT2D eigenvalue weighted by Gasteiger charge is -2.14. The lowest BCUT2D eigenvalue weighted by molar-refractivity contribution is 0.0760. The first-order valence-electron chi connectivity index (χ1n) is 3.89. The van der Waals surface area contributed by atoms with Crippen molar-refractivity contribution in [2.75, 3.05) is 0 Å². The molecule has 0 saturated carbocycles. The summed E-state index contributed by atoms with van der Waals surface area (Å²) < 4.78 is 26.7. The van der Waals surface area contributed by atoms with Crippen molar-refractivity contribution in [2.24, 2.45) is 5.73 Å². The highest BCUT2D eigenvalue weighted by molar-refractivity contribution is 9.10. The molecule has 0 aromatic heterocycles. The van der Waals surface area contributed by atoms with Crippen molar-refractivity contribution in [1.29, 1.82) is 5.41 Å². The molecule has 1 rings (SSSR count). The average molecular weight is 263 g/mol. The normalized spacial score (nSPS) is 11.4. The van der Waals surface area contributed by atoms with E-state index >= 15 is 0 Å². The van der Waals surface area contributed by atoms with E-state index in [-0.39, 0.29) is 0 Å². The molecule has 2 nitrogen and oxygen atoms in total. The lowest BCUT2D eigenvalue weighted by atomic mass is 10.1. The fourth-order valence-corrected chi connectivity index (χ4v) is 1.40. The van der Waals surface area contributed by atoms with Crippen molar-refractivity contribution in [1.82, 2.24) is 0 Å². The van der Waals surface area contributed by atoms with Gasteiger partial charge in [0.2, 0.25) is 0 Å². The number of hydrogen-bond donors (Lipinski definition) is 2. The molecule has 0 bridgehead atoms. The average Bonchev–Trinajstić information content (AvgIpc) is 2.08. The molecule has 14 heavy (non-hydrogen) atoms. The molecule has 0 radical (unpaired) electrons. The molecule has 0 saturated heterocycles. The first-order chi connectivity index (χ1) is 6.43. The highest BCUT2D eigenvalue weighted by Crippen LogP contribution is 2.24. The summed E-state index contributed by atoms with van der Waals surface area (Å²) in [6.07, 6.45) is -0.552. The predicted octanol–water partition coefficient (Wildman–Crippen LogP) is 2.56. The van der Waals surface area contributed by atoms with Crippen molar-refractivity contribution < 1.29 is 8.78 Å². The summed E-state index contributed by atoms with van der Waals surface area (Å²) in [6, 6.07) is 6.64. The number of hydrogen-bond acceptors (Lipinski definition) is 1. The van der Waals surface area contributed by atoms with Gasteiger partial charge in [0.1, 0.15) is 0 Å². The Morgan fingerprint density at radius 1 is 1.43 bits per heavy atom. The standard InChI is InChI=1S/C9H9BrF2N2/c10-7-4-2-1-3-6(7)5-9(11,12)8(13)14/h1-4H,5H2,(H3,13,14). The van der Waals surface area contributed by atoms with E-state index in [1.54, 1.807) is 24.3 Å². The Balaban J connectivity index is 2.89. The Morgan fingerprint density at radius 3 is 2.50 bits per heavy atom. The van der Waals surface area contributed by atoms with E-state index in [0.29, 0.717) is 10.0 Å². The zero-order chi connectivity index (χ0) is 10.8. The van der Waals surface area contributed by atoms with Gasteiger partial charge in [-0.2, -0.15) is 8.78 Å². The van der Waals surface area contributed by atoms with Crippen molar-refractivity contribution in [3.63, 3.8) is 0 Å². The largest absolute Gasteiger partial charge is 0.383 e. The Hall–Kier alpha value is -0.970. The van der Waals surface area contributed by atoms with Crippen LogP contribution in [0.1, 0.15) is 5.56 Å². The second-order valence-corrected chi connectivity index (χ2v) is 3.74. The highest BCUT2D eigenvalue weighted by atomic mass is 79.9. The molecule has 76 valence electrons. The fraction of sp³-hybridized carbons (Fsp3) is 0.222. The molecule has 0 unspecified atom stereocenters. The third kappa shape index (κ3) is 2.51. The number of benzene rings is 1. The molecule has 0 aliphatic rings. The van der Waals surface area contributed by atoms with Crippen LogP contribution in [-0.4, -0.2) is 11.8 Å². The van der Waals surface area contributed by atoms with Crippen LogP contribution in [-0.2, 0) is 6.42 Å². The van der Waals surface area contributed by atoms with E-state index < -0.39 is 18.2 Å². The number of nitrogens with two attached hydrogens (primary N) is 1. The second kappa shape index (κ2) is 4.04. The van der Waals surface area contributed by atoms with Gasteiger partial charge in [-0.3, -0.25) is 5.41 Å². The molecular formula is C9H9BrF2N2. The van der Waals surface area contributed by atoms with Gasteiger partial charge in [-0.1, -0.05) is 34.1 Å². The zero-order valence-electron chi connectivity index (χ0n) is 7.23. The molecule has 0 aliphatic carbocycles. The SMILES string of the molecule is N=C(N)C(F)(F)Cc1ccccc1Br. The van der Waals surface area contributed by atoms with Gasteiger partial charge in [0.25, 0.3) is 0 Å². The van der Waals surface area contributed by atoms with Crippen LogP contribution in [0.5, 0.6) is 0 Å². The van der Waals surface area contributed by atoms with Gasteiger partial charge in [0.05, 0.1) is 0 Å². The molecule has 5 heteroatoms. The third-order valence-electron chi connectivity index (χ3n) is 1.76. The van der Waals surface area contributed by atoms with Crippen LogP contribution in [0.15, 0.2) is 28.7 Å². The van der Waals surface area contributed by atoms with Crippen LogP contribution < -0.4 is 5.73 Å². The predicted molar refractivity (Wildman–Crippen MR) is 54.7 cm³/mol. The first kappa shape index (κ1) is 11.1. The molecule has 0 fully saturated rings. The summed E-state index contributed by atoms with van der Waals surface area (Å²) in [4.78, 5) is 0. The second-order valence-electron chi connectivity index (χ2n) is 2.89. The molecular weight excluding hydrogens is 254 g/mol. The summed E-state index contributed by atoms with van der Waals surface area (Å²) in [6.45, 7) is 0. The van der Waals surface area contributed by atoms with Gasteiger partial charge >= 0.3 is 5.92 Å². The number of rotatable bonds is 3. The van der Waals surface area contributed by atoms with E-state index in [4.69, 9.17) is 11.1 Å². The summed E-state index contributed by atoms with van der Waals surface area (Å²) in [5.41, 5.74) is 5.22. The van der Waals surface area contributed by atoms with Crippen LogP contribution in [0.3, 0.4) is 0 Å². The smallest absolute Gasteiger partial charge is 0.307 e. The van der Waals surface area contributed by atoms with Gasteiger partial charge in [-0.25, -0.2) is 0 Å². The number of amidine groups is 1. The summed E-state index contributed by atoms with van der Waals surface area (Å²) in [7, 11) is 0. The minimum absolute atomic E-state index is 0.438. The van der Waals surface area contributed by atoms with Gasteiger partial charge in [-0.05, 0) is 11.6 Å². The maximum absolute atomic E-state index is 13.0. The maximum Gasteiger partial charge on any atom is 0.307 e. The Kier molecular flexibility index (Phi) is 3.21. The molecule has 0 spiro atoms. The highest BCUT2D eigenvalue weighted by Gasteiger charge is 2.33. The van der Waals surface area contributed by atoms with E-state index in [1.165, 1.54) is 0 Å². The van der Waals surface area contributed by atoms with Crippen LogP contribution in [0.25, 0.3) is 0 Å². The van der Waals surface area contributed by atoms with Gasteiger partial charge in [0, 0.05) is 10.9 Å². The van der Waals surface area contributed by atoms with Crippen LogP contribution in [0.4, 0.5) is 8.78 Å². The third-order valence-corrected chi connectivity index (χ3v) is 2.54. The molecule has 1 aromatic carbocycles. The minimum Gasteiger partial charge on any atom is -0.383 e. The van der Waals surface area contributed by atoms with Crippen molar-refractivity contribution in [3.8, 4) is 0 Å². The number of nitrogens with one attached hydrogen (secondary N) is 1. The molecule has 1 aromatic rings. The van der Waals surface area contributed by atoms with E-state index in [2.05, 4.69) is 15.9 Å². The quantitative estimate of drug-likeness (QED) is 0.639. The van der Waals surface area contributed by atoms with Gasteiger partial charge < -0.3 is 5.73 Å². The van der Waals surface area contributed by atoms with Crippen molar-refractivity contribution in [3.05, 3.63) is 34.3 Å². The number of halogens is 3. The molecule has 0 heterocycles. The van der Waals surface area contributed by atoms with E-state index in [1.807, 2.05) is 0 Å². The molecule has 0 atom stereocenters. The monoisotopic (exact) mass is 262 g/mol.